The molecule has 0 heterocycles. The monoisotopic (exact) mass is 467 g/mol. The highest BCUT2D eigenvalue weighted by molar-refractivity contribution is 9.10. The van der Waals surface area contributed by atoms with Crippen LogP contribution in [0.1, 0.15) is 23.7 Å². The van der Waals surface area contributed by atoms with Crippen molar-refractivity contribution in [3.05, 3.63) is 56.5 Å². The lowest BCUT2D eigenvalue weighted by Crippen LogP contribution is -2.34. The van der Waals surface area contributed by atoms with Gasteiger partial charge in [-0.3, -0.25) is 20.2 Å². The standard InChI is InChI=1S/C18H18BrN3O5S/c1-3-8-27-15-6-4-11(19)9-13(15)17(23)21-18(28)20-14-10-12(22(24)25)5-7-16(14)26-2/h4-7,9-10H,3,8H2,1-2H3,(H2,20,21,23,28). The van der Waals surface area contributed by atoms with Gasteiger partial charge in [0.15, 0.2) is 5.11 Å². The summed E-state index contributed by atoms with van der Waals surface area (Å²) in [5.74, 6) is 0.296. The van der Waals surface area contributed by atoms with E-state index >= 15 is 0 Å². The molecule has 0 radical (unpaired) electrons. The van der Waals surface area contributed by atoms with Crippen LogP contribution in [0.4, 0.5) is 11.4 Å². The van der Waals surface area contributed by atoms with Crippen molar-refractivity contribution in [2.24, 2.45) is 0 Å². The van der Waals surface area contributed by atoms with Crippen LogP contribution < -0.4 is 20.1 Å². The Kier molecular flexibility index (Phi) is 7.70. The first-order chi connectivity index (χ1) is 13.3. The van der Waals surface area contributed by atoms with Gasteiger partial charge in [0.05, 0.1) is 29.9 Å². The van der Waals surface area contributed by atoms with Gasteiger partial charge < -0.3 is 14.8 Å². The number of anilines is 1. The fraction of sp³-hybridized carbons (Fsp3) is 0.222. The quantitative estimate of drug-likeness (QED) is 0.355. The van der Waals surface area contributed by atoms with E-state index in [9.17, 15) is 14.9 Å². The first-order valence-electron chi connectivity index (χ1n) is 8.22. The fourth-order valence-corrected chi connectivity index (χ4v) is 2.81. The summed E-state index contributed by atoms with van der Waals surface area (Å²) >= 11 is 8.50. The Morgan fingerprint density at radius 3 is 2.61 bits per heavy atom. The van der Waals surface area contributed by atoms with E-state index in [4.69, 9.17) is 21.7 Å². The summed E-state index contributed by atoms with van der Waals surface area (Å²) < 4.78 is 11.5. The number of non-ortho nitro benzene ring substituents is 1. The molecular weight excluding hydrogens is 450 g/mol. The second-order valence-corrected chi connectivity index (χ2v) is 6.86. The fourth-order valence-electron chi connectivity index (χ4n) is 2.25. The van der Waals surface area contributed by atoms with Gasteiger partial charge in [-0.25, -0.2) is 0 Å². The van der Waals surface area contributed by atoms with Gasteiger partial charge in [0, 0.05) is 16.6 Å². The molecule has 0 saturated heterocycles. The van der Waals surface area contributed by atoms with E-state index < -0.39 is 10.8 Å². The van der Waals surface area contributed by atoms with Gasteiger partial charge in [-0.1, -0.05) is 22.9 Å². The van der Waals surface area contributed by atoms with Gasteiger partial charge >= 0.3 is 0 Å². The molecule has 10 heteroatoms. The molecule has 8 nitrogen and oxygen atoms in total. The lowest BCUT2D eigenvalue weighted by atomic mass is 10.2. The molecule has 2 rings (SSSR count). The van der Waals surface area contributed by atoms with E-state index in [0.29, 0.717) is 28.1 Å². The van der Waals surface area contributed by atoms with E-state index in [2.05, 4.69) is 26.6 Å². The molecule has 2 N–H and O–H groups in total. The molecule has 0 atom stereocenters. The number of nitrogens with zero attached hydrogens (tertiary/aromatic N) is 1. The summed E-state index contributed by atoms with van der Waals surface area (Å²) in [4.78, 5) is 23.1. The number of hydrogen-bond donors (Lipinski definition) is 2. The molecule has 0 fully saturated rings. The number of hydrogen-bond acceptors (Lipinski definition) is 6. The van der Waals surface area contributed by atoms with Gasteiger partial charge in [0.2, 0.25) is 0 Å². The summed E-state index contributed by atoms with van der Waals surface area (Å²) in [6.07, 6.45) is 0.795. The molecule has 0 spiro atoms. The maximum atomic E-state index is 12.6. The number of benzene rings is 2. The Morgan fingerprint density at radius 1 is 1.25 bits per heavy atom. The summed E-state index contributed by atoms with van der Waals surface area (Å²) in [6, 6.07) is 9.10. The highest BCUT2D eigenvalue weighted by atomic mass is 79.9. The smallest absolute Gasteiger partial charge is 0.271 e. The molecule has 0 aliphatic carbocycles. The van der Waals surface area contributed by atoms with Crippen LogP contribution >= 0.6 is 28.1 Å². The first-order valence-corrected chi connectivity index (χ1v) is 9.43. The van der Waals surface area contributed by atoms with E-state index in [0.717, 1.165) is 6.42 Å². The zero-order valence-corrected chi connectivity index (χ0v) is 17.6. The van der Waals surface area contributed by atoms with Crippen LogP contribution in [0, 0.1) is 10.1 Å². The van der Waals surface area contributed by atoms with Crippen molar-refractivity contribution < 1.29 is 19.2 Å². The second-order valence-electron chi connectivity index (χ2n) is 5.54. The number of carbonyl (C=O) groups is 1. The van der Waals surface area contributed by atoms with Crippen molar-refractivity contribution in [2.75, 3.05) is 19.0 Å². The predicted octanol–water partition coefficient (Wildman–Crippen LogP) is 4.28. The van der Waals surface area contributed by atoms with E-state index in [1.54, 1.807) is 18.2 Å². The van der Waals surface area contributed by atoms with E-state index in [1.807, 2.05) is 6.92 Å². The number of amides is 1. The molecule has 0 unspecified atom stereocenters. The third-order valence-electron chi connectivity index (χ3n) is 3.52. The van der Waals surface area contributed by atoms with Gasteiger partial charge in [-0.05, 0) is 42.9 Å². The van der Waals surface area contributed by atoms with E-state index in [-0.39, 0.29) is 16.5 Å². The van der Waals surface area contributed by atoms with Gasteiger partial charge in [0.1, 0.15) is 11.5 Å². The lowest BCUT2D eigenvalue weighted by molar-refractivity contribution is -0.384. The third kappa shape index (κ3) is 5.64. The van der Waals surface area contributed by atoms with Crippen molar-refractivity contribution in [3.8, 4) is 11.5 Å². The third-order valence-corrected chi connectivity index (χ3v) is 4.21. The summed E-state index contributed by atoms with van der Waals surface area (Å²) in [5.41, 5.74) is 0.427. The summed E-state index contributed by atoms with van der Waals surface area (Å²) in [5, 5.41) is 16.2. The minimum atomic E-state index is -0.537. The van der Waals surface area contributed by atoms with Gasteiger partial charge in [-0.15, -0.1) is 0 Å². The van der Waals surface area contributed by atoms with Crippen molar-refractivity contribution >= 4 is 50.5 Å². The molecule has 2 aromatic carbocycles. The zero-order valence-electron chi connectivity index (χ0n) is 15.2. The average Bonchev–Trinajstić information content (AvgIpc) is 2.66. The second kappa shape index (κ2) is 10.00. The largest absolute Gasteiger partial charge is 0.495 e. The Balaban J connectivity index is 2.18. The summed E-state index contributed by atoms with van der Waals surface area (Å²) in [6.45, 7) is 2.43. The van der Waals surface area contributed by atoms with Crippen molar-refractivity contribution in [1.29, 1.82) is 0 Å². The molecule has 0 aliphatic rings. The highest BCUT2D eigenvalue weighted by Gasteiger charge is 2.17. The Hall–Kier alpha value is -2.72. The minimum absolute atomic E-state index is 0.0368. The number of nitro groups is 1. The van der Waals surface area contributed by atoms with Crippen LogP contribution in [0.2, 0.25) is 0 Å². The number of ether oxygens (including phenoxy) is 2. The lowest BCUT2D eigenvalue weighted by Gasteiger charge is -2.14. The molecular formula is C18H18BrN3O5S. The number of rotatable bonds is 7. The number of nitrogens with one attached hydrogen (secondary N) is 2. The zero-order chi connectivity index (χ0) is 20.7. The van der Waals surface area contributed by atoms with Crippen molar-refractivity contribution in [2.45, 2.75) is 13.3 Å². The molecule has 0 bridgehead atoms. The molecule has 2 aromatic rings. The molecule has 0 aliphatic heterocycles. The van der Waals surface area contributed by atoms with Crippen LogP contribution in [0.15, 0.2) is 40.9 Å². The highest BCUT2D eigenvalue weighted by Crippen LogP contribution is 2.29. The maximum absolute atomic E-state index is 12.6. The number of nitro benzene ring substituents is 1. The SMILES string of the molecule is CCCOc1ccc(Br)cc1C(=O)NC(=S)Nc1cc([N+](=O)[O-])ccc1OC. The topological polar surface area (TPSA) is 103 Å². The van der Waals surface area contributed by atoms with Crippen LogP contribution in [0.3, 0.4) is 0 Å². The number of halogens is 1. The number of thiocarbonyl (C=S) groups is 1. The predicted molar refractivity (Wildman–Crippen MR) is 113 cm³/mol. The Morgan fingerprint density at radius 2 is 1.96 bits per heavy atom. The first kappa shape index (κ1) is 21.6. The Labute approximate surface area is 175 Å². The van der Waals surface area contributed by atoms with Crippen molar-refractivity contribution in [1.82, 2.24) is 5.32 Å². The van der Waals surface area contributed by atoms with E-state index in [1.165, 1.54) is 25.3 Å². The van der Waals surface area contributed by atoms with Crippen LogP contribution in [0.25, 0.3) is 0 Å². The molecule has 0 saturated carbocycles. The van der Waals surface area contributed by atoms with Crippen LogP contribution in [-0.2, 0) is 0 Å². The maximum Gasteiger partial charge on any atom is 0.271 e. The normalized spacial score (nSPS) is 10.1. The molecule has 148 valence electrons. The Bertz CT molecular complexity index is 907. The summed E-state index contributed by atoms with van der Waals surface area (Å²) in [7, 11) is 1.42. The molecule has 0 aromatic heterocycles. The van der Waals surface area contributed by atoms with Gasteiger partial charge in [0.25, 0.3) is 11.6 Å². The average molecular weight is 468 g/mol. The van der Waals surface area contributed by atoms with Crippen LogP contribution in [0.5, 0.6) is 11.5 Å². The van der Waals surface area contributed by atoms with Crippen LogP contribution in [-0.4, -0.2) is 29.7 Å². The minimum Gasteiger partial charge on any atom is -0.495 e. The number of carbonyl (C=O) groups excluding carboxylic acids is 1. The number of methoxy groups -OCH3 is 1. The van der Waals surface area contributed by atoms with Gasteiger partial charge in [-0.2, -0.15) is 0 Å². The van der Waals surface area contributed by atoms with Crippen molar-refractivity contribution in [3.63, 3.8) is 0 Å². The molecule has 1 amide bonds. The molecule has 28 heavy (non-hydrogen) atoms.